The van der Waals surface area contributed by atoms with Crippen molar-refractivity contribution < 1.29 is 0 Å². The van der Waals surface area contributed by atoms with Crippen LogP contribution in [0.2, 0.25) is 0 Å². The van der Waals surface area contributed by atoms with E-state index in [0.717, 1.165) is 19.5 Å². The highest BCUT2D eigenvalue weighted by atomic mass is 127. The van der Waals surface area contributed by atoms with Crippen molar-refractivity contribution in [1.29, 1.82) is 0 Å². The summed E-state index contributed by atoms with van der Waals surface area (Å²) in [6, 6.07) is 2.91. The molecule has 3 rings (SSSR count). The fourth-order valence-electron chi connectivity index (χ4n) is 2.60. The lowest BCUT2D eigenvalue weighted by Gasteiger charge is -2.23. The first kappa shape index (κ1) is 13.5. The van der Waals surface area contributed by atoms with E-state index >= 15 is 0 Å². The molecule has 19 heavy (non-hydrogen) atoms. The fourth-order valence-corrected chi connectivity index (χ4v) is 4.72. The molecule has 1 atom stereocenters. The van der Waals surface area contributed by atoms with Crippen molar-refractivity contribution in [2.24, 2.45) is 0 Å². The van der Waals surface area contributed by atoms with Crippen molar-refractivity contribution in [2.45, 2.75) is 38.3 Å². The van der Waals surface area contributed by atoms with Gasteiger partial charge in [0.2, 0.25) is 0 Å². The Bertz CT molecular complexity index is 523. The molecule has 0 bridgehead atoms. The van der Waals surface area contributed by atoms with Crippen molar-refractivity contribution in [2.75, 3.05) is 6.54 Å². The molecule has 1 aliphatic rings. The van der Waals surface area contributed by atoms with E-state index in [1.165, 1.54) is 22.1 Å². The second-order valence-corrected chi connectivity index (χ2v) is 7.88. The summed E-state index contributed by atoms with van der Waals surface area (Å²) in [7, 11) is 0. The van der Waals surface area contributed by atoms with Crippen molar-refractivity contribution >= 4 is 33.9 Å². The Kier molecular flexibility index (Phi) is 4.49. The third kappa shape index (κ3) is 3.35. The van der Waals surface area contributed by atoms with Crippen LogP contribution in [0.25, 0.3) is 0 Å². The van der Waals surface area contributed by atoms with E-state index in [4.69, 9.17) is 0 Å². The van der Waals surface area contributed by atoms with Gasteiger partial charge in [-0.05, 0) is 66.4 Å². The molecule has 102 valence electrons. The number of nitrogens with one attached hydrogen (secondary N) is 1. The summed E-state index contributed by atoms with van der Waals surface area (Å²) >= 11 is 4.39. The monoisotopic (exact) mass is 388 g/mol. The minimum absolute atomic E-state index is 0.555. The fraction of sp³-hybridized carbons (Fsp3) is 0.538. The number of halogens is 1. The van der Waals surface area contributed by atoms with Gasteiger partial charge in [0.25, 0.3) is 0 Å². The van der Waals surface area contributed by atoms with Crippen molar-refractivity contribution in [3.8, 4) is 0 Å². The highest BCUT2D eigenvalue weighted by Gasteiger charge is 2.21. The average molecular weight is 388 g/mol. The van der Waals surface area contributed by atoms with Crippen LogP contribution in [0.4, 0.5) is 0 Å². The third-order valence-corrected chi connectivity index (χ3v) is 5.48. The normalized spacial score (nSPS) is 18.5. The molecule has 0 aliphatic heterocycles. The molecule has 2 aromatic rings. The molecule has 1 aliphatic carbocycles. The summed E-state index contributed by atoms with van der Waals surface area (Å²) in [4.78, 5) is 1.59. The van der Waals surface area contributed by atoms with Gasteiger partial charge >= 0.3 is 0 Å². The third-order valence-electron chi connectivity index (χ3n) is 3.51. The van der Waals surface area contributed by atoms with Crippen molar-refractivity contribution in [3.05, 3.63) is 31.8 Å². The molecule has 0 amide bonds. The molecular weight excluding hydrogens is 371 g/mol. The Balaban J connectivity index is 1.50. The SMILES string of the molecule is Ic1cc2c(s1)CCCC2NCCCn1ccnn1. The summed E-state index contributed by atoms with van der Waals surface area (Å²) in [6.07, 6.45) is 8.58. The van der Waals surface area contributed by atoms with E-state index in [1.54, 1.807) is 16.6 Å². The molecule has 1 unspecified atom stereocenters. The van der Waals surface area contributed by atoms with Gasteiger partial charge in [-0.3, -0.25) is 4.68 Å². The average Bonchev–Trinajstić information content (AvgIpc) is 3.02. The minimum Gasteiger partial charge on any atom is -0.310 e. The highest BCUT2D eigenvalue weighted by Crippen LogP contribution is 2.36. The van der Waals surface area contributed by atoms with Crippen LogP contribution < -0.4 is 5.32 Å². The summed E-state index contributed by atoms with van der Waals surface area (Å²) in [6.45, 7) is 1.98. The molecule has 6 heteroatoms. The van der Waals surface area contributed by atoms with Crippen molar-refractivity contribution in [3.63, 3.8) is 0 Å². The van der Waals surface area contributed by atoms with E-state index in [2.05, 4.69) is 44.3 Å². The Hall–Kier alpha value is -0.470. The van der Waals surface area contributed by atoms with Crippen LogP contribution in [0.3, 0.4) is 0 Å². The predicted octanol–water partition coefficient (Wildman–Crippen LogP) is 3.00. The number of aromatic nitrogens is 3. The van der Waals surface area contributed by atoms with Crippen LogP contribution in [0, 0.1) is 2.88 Å². The smallest absolute Gasteiger partial charge is 0.0692 e. The molecule has 2 aromatic heterocycles. The first-order valence-corrected chi connectivity index (χ1v) is 8.58. The summed E-state index contributed by atoms with van der Waals surface area (Å²) in [5, 5.41) is 11.5. The molecule has 0 radical (unpaired) electrons. The van der Waals surface area contributed by atoms with Crippen LogP contribution in [-0.2, 0) is 13.0 Å². The predicted molar refractivity (Wildman–Crippen MR) is 85.4 cm³/mol. The Morgan fingerprint density at radius 2 is 2.47 bits per heavy atom. The zero-order valence-corrected chi connectivity index (χ0v) is 13.7. The molecule has 1 N–H and O–H groups in total. The molecule has 4 nitrogen and oxygen atoms in total. The molecule has 0 saturated carbocycles. The first-order chi connectivity index (χ1) is 9.33. The number of hydrogen-bond donors (Lipinski definition) is 1. The number of nitrogens with zero attached hydrogens (tertiary/aromatic N) is 3. The van der Waals surface area contributed by atoms with Gasteiger partial charge in [-0.25, -0.2) is 0 Å². The molecule has 0 fully saturated rings. The van der Waals surface area contributed by atoms with Gasteiger partial charge < -0.3 is 5.32 Å². The van der Waals surface area contributed by atoms with Crippen molar-refractivity contribution in [1.82, 2.24) is 20.3 Å². The standard InChI is InChI=1S/C13H17IN4S/c14-13-9-10-11(3-1-4-12(10)19-13)15-5-2-7-18-8-6-16-17-18/h6,8-9,11,15H,1-5,7H2. The van der Waals surface area contributed by atoms with Crippen LogP contribution >= 0.6 is 33.9 Å². The molecule has 0 aromatic carbocycles. The Labute approximate surface area is 130 Å². The quantitative estimate of drug-likeness (QED) is 0.633. The summed E-state index contributed by atoms with van der Waals surface area (Å²) in [5.74, 6) is 0. The maximum atomic E-state index is 3.98. The number of rotatable bonds is 5. The largest absolute Gasteiger partial charge is 0.310 e. The number of fused-ring (bicyclic) bond motifs is 1. The molecular formula is C13H17IN4S. The lowest BCUT2D eigenvalue weighted by Crippen LogP contribution is -2.26. The van der Waals surface area contributed by atoms with Crippen LogP contribution in [0.15, 0.2) is 18.5 Å². The van der Waals surface area contributed by atoms with Gasteiger partial charge in [0.15, 0.2) is 0 Å². The second-order valence-electron chi connectivity index (χ2n) is 4.85. The number of aryl methyl sites for hydroxylation is 2. The van der Waals surface area contributed by atoms with Gasteiger partial charge in [0, 0.05) is 23.7 Å². The Morgan fingerprint density at radius 3 is 3.32 bits per heavy atom. The van der Waals surface area contributed by atoms with E-state index in [0.29, 0.717) is 6.04 Å². The molecule has 0 spiro atoms. The van der Waals surface area contributed by atoms with Crippen LogP contribution in [0.5, 0.6) is 0 Å². The van der Waals surface area contributed by atoms with E-state index in [-0.39, 0.29) is 0 Å². The minimum atomic E-state index is 0.555. The first-order valence-electron chi connectivity index (χ1n) is 6.68. The molecule has 2 heterocycles. The second kappa shape index (κ2) is 6.32. The van der Waals surface area contributed by atoms with Gasteiger partial charge in [-0.1, -0.05) is 5.21 Å². The summed E-state index contributed by atoms with van der Waals surface area (Å²) in [5.41, 5.74) is 1.54. The lowest BCUT2D eigenvalue weighted by molar-refractivity contribution is 0.441. The topological polar surface area (TPSA) is 42.7 Å². The van der Waals surface area contributed by atoms with Crippen LogP contribution in [-0.4, -0.2) is 21.5 Å². The maximum absolute atomic E-state index is 3.98. The lowest BCUT2D eigenvalue weighted by atomic mass is 9.94. The number of hydrogen-bond acceptors (Lipinski definition) is 4. The highest BCUT2D eigenvalue weighted by molar-refractivity contribution is 14.1. The van der Waals surface area contributed by atoms with E-state index in [9.17, 15) is 0 Å². The zero-order valence-electron chi connectivity index (χ0n) is 10.7. The van der Waals surface area contributed by atoms with Gasteiger partial charge in [-0.15, -0.1) is 16.4 Å². The summed E-state index contributed by atoms with van der Waals surface area (Å²) < 4.78 is 3.31. The van der Waals surface area contributed by atoms with Gasteiger partial charge in [0.1, 0.15) is 0 Å². The van der Waals surface area contributed by atoms with Gasteiger partial charge in [-0.2, -0.15) is 0 Å². The van der Waals surface area contributed by atoms with E-state index < -0.39 is 0 Å². The Morgan fingerprint density at radius 1 is 1.53 bits per heavy atom. The van der Waals surface area contributed by atoms with E-state index in [1.807, 2.05) is 22.2 Å². The molecule has 0 saturated heterocycles. The zero-order chi connectivity index (χ0) is 13.1. The maximum Gasteiger partial charge on any atom is 0.0692 e. The van der Waals surface area contributed by atoms with Crippen LogP contribution in [0.1, 0.15) is 35.7 Å². The number of thiophene rings is 1. The van der Waals surface area contributed by atoms with Gasteiger partial charge in [0.05, 0.1) is 9.08 Å².